The number of aromatic nitrogens is 2. The molecule has 0 aliphatic heterocycles. The summed E-state index contributed by atoms with van der Waals surface area (Å²) < 4.78 is 8.58. The van der Waals surface area contributed by atoms with E-state index in [0.717, 1.165) is 11.3 Å². The Morgan fingerprint density at radius 1 is 1.33 bits per heavy atom. The predicted octanol–water partition coefficient (Wildman–Crippen LogP) is 2.60. The van der Waals surface area contributed by atoms with Gasteiger partial charge in [-0.25, -0.2) is 0 Å². The average molecular weight is 314 g/mol. The molecule has 0 spiro atoms. The lowest BCUT2D eigenvalue weighted by atomic mass is 10.3. The van der Waals surface area contributed by atoms with Gasteiger partial charge in [-0.1, -0.05) is 0 Å². The number of hydrogen-bond acceptors (Lipinski definition) is 2. The topological polar surface area (TPSA) is 27.1 Å². The molecule has 1 heterocycles. The second-order valence-electron chi connectivity index (χ2n) is 3.26. The van der Waals surface area contributed by atoms with Gasteiger partial charge in [-0.3, -0.25) is 4.68 Å². The van der Waals surface area contributed by atoms with Gasteiger partial charge >= 0.3 is 0 Å². The quantitative estimate of drug-likeness (QED) is 0.814. The standard InChI is InChI=1S/C11H11IN2O/c1-14-7-9(6-13-14)8-15-11-4-2-10(12)3-5-11/h2-7H,8H2,1H3. The van der Waals surface area contributed by atoms with E-state index in [2.05, 4.69) is 27.7 Å². The Balaban J connectivity index is 1.96. The van der Waals surface area contributed by atoms with Crippen molar-refractivity contribution in [1.29, 1.82) is 0 Å². The minimum atomic E-state index is 0.564. The molecule has 15 heavy (non-hydrogen) atoms. The van der Waals surface area contributed by atoms with Gasteiger partial charge in [0.15, 0.2) is 0 Å². The zero-order chi connectivity index (χ0) is 10.7. The maximum atomic E-state index is 5.60. The van der Waals surface area contributed by atoms with Crippen LogP contribution in [0, 0.1) is 3.57 Å². The first-order chi connectivity index (χ1) is 7.24. The van der Waals surface area contributed by atoms with Gasteiger partial charge < -0.3 is 4.74 Å². The minimum absolute atomic E-state index is 0.564. The Labute approximate surface area is 102 Å². The zero-order valence-corrected chi connectivity index (χ0v) is 10.5. The normalized spacial score (nSPS) is 10.3. The van der Waals surface area contributed by atoms with Gasteiger partial charge in [0, 0.05) is 22.4 Å². The van der Waals surface area contributed by atoms with E-state index in [1.807, 2.05) is 43.7 Å². The van der Waals surface area contributed by atoms with Crippen LogP contribution in [-0.4, -0.2) is 9.78 Å². The van der Waals surface area contributed by atoms with Crippen molar-refractivity contribution in [3.63, 3.8) is 0 Å². The largest absolute Gasteiger partial charge is 0.489 e. The maximum Gasteiger partial charge on any atom is 0.119 e. The number of halogens is 1. The molecule has 0 aliphatic rings. The highest BCUT2D eigenvalue weighted by atomic mass is 127. The van der Waals surface area contributed by atoms with Crippen molar-refractivity contribution >= 4 is 22.6 Å². The van der Waals surface area contributed by atoms with Gasteiger partial charge in [-0.15, -0.1) is 0 Å². The van der Waals surface area contributed by atoms with E-state index in [1.54, 1.807) is 4.68 Å². The molecule has 0 saturated carbocycles. The fraction of sp³-hybridized carbons (Fsp3) is 0.182. The Morgan fingerprint density at radius 3 is 2.67 bits per heavy atom. The van der Waals surface area contributed by atoms with Crippen LogP contribution in [-0.2, 0) is 13.7 Å². The minimum Gasteiger partial charge on any atom is -0.489 e. The second-order valence-corrected chi connectivity index (χ2v) is 4.51. The molecule has 1 aromatic carbocycles. The van der Waals surface area contributed by atoms with Crippen LogP contribution in [0.15, 0.2) is 36.7 Å². The Bertz CT molecular complexity index is 436. The molecular formula is C11H11IN2O. The molecule has 3 nitrogen and oxygen atoms in total. The molecule has 78 valence electrons. The molecule has 0 saturated heterocycles. The first-order valence-electron chi connectivity index (χ1n) is 4.60. The summed E-state index contributed by atoms with van der Waals surface area (Å²) in [4.78, 5) is 0. The second kappa shape index (κ2) is 4.65. The van der Waals surface area contributed by atoms with Gasteiger partial charge in [-0.2, -0.15) is 5.10 Å². The third kappa shape index (κ3) is 2.95. The van der Waals surface area contributed by atoms with Gasteiger partial charge in [0.05, 0.1) is 6.20 Å². The van der Waals surface area contributed by atoms with Crippen LogP contribution in [0.3, 0.4) is 0 Å². The highest BCUT2D eigenvalue weighted by molar-refractivity contribution is 14.1. The van der Waals surface area contributed by atoms with Crippen LogP contribution in [0.4, 0.5) is 0 Å². The summed E-state index contributed by atoms with van der Waals surface area (Å²) in [7, 11) is 1.90. The van der Waals surface area contributed by atoms with Crippen LogP contribution in [0.1, 0.15) is 5.56 Å². The fourth-order valence-corrected chi connectivity index (χ4v) is 1.60. The van der Waals surface area contributed by atoms with E-state index in [9.17, 15) is 0 Å². The number of hydrogen-bond donors (Lipinski definition) is 0. The molecule has 2 aromatic rings. The number of nitrogens with zero attached hydrogens (tertiary/aromatic N) is 2. The first kappa shape index (κ1) is 10.5. The average Bonchev–Trinajstić information content (AvgIpc) is 2.64. The Hall–Kier alpha value is -1.04. The maximum absolute atomic E-state index is 5.60. The lowest BCUT2D eigenvalue weighted by Crippen LogP contribution is -1.93. The number of ether oxygens (including phenoxy) is 1. The van der Waals surface area contributed by atoms with E-state index in [4.69, 9.17) is 4.74 Å². The summed E-state index contributed by atoms with van der Waals surface area (Å²) in [6.45, 7) is 0.564. The summed E-state index contributed by atoms with van der Waals surface area (Å²) in [5, 5.41) is 4.08. The number of aryl methyl sites for hydroxylation is 1. The van der Waals surface area contributed by atoms with Crippen molar-refractivity contribution in [3.8, 4) is 5.75 Å². The van der Waals surface area contributed by atoms with E-state index >= 15 is 0 Å². The fourth-order valence-electron chi connectivity index (χ4n) is 1.24. The molecule has 0 amide bonds. The van der Waals surface area contributed by atoms with Crippen molar-refractivity contribution in [2.75, 3.05) is 0 Å². The molecule has 0 N–H and O–H groups in total. The van der Waals surface area contributed by atoms with Crippen LogP contribution < -0.4 is 4.74 Å². The summed E-state index contributed by atoms with van der Waals surface area (Å²) in [6.07, 6.45) is 3.76. The molecule has 0 radical (unpaired) electrons. The van der Waals surface area contributed by atoms with E-state index in [0.29, 0.717) is 6.61 Å². The van der Waals surface area contributed by atoms with Gasteiger partial charge in [0.1, 0.15) is 12.4 Å². The smallest absolute Gasteiger partial charge is 0.119 e. The molecule has 0 unspecified atom stereocenters. The highest BCUT2D eigenvalue weighted by Crippen LogP contribution is 2.14. The van der Waals surface area contributed by atoms with Crippen LogP contribution in [0.25, 0.3) is 0 Å². The van der Waals surface area contributed by atoms with E-state index in [1.165, 1.54) is 3.57 Å². The molecule has 0 fully saturated rings. The lowest BCUT2D eigenvalue weighted by Gasteiger charge is -2.03. The first-order valence-corrected chi connectivity index (χ1v) is 5.68. The lowest BCUT2D eigenvalue weighted by molar-refractivity contribution is 0.306. The molecule has 4 heteroatoms. The monoisotopic (exact) mass is 314 g/mol. The van der Waals surface area contributed by atoms with Crippen molar-refractivity contribution in [3.05, 3.63) is 45.8 Å². The van der Waals surface area contributed by atoms with Crippen molar-refractivity contribution in [2.45, 2.75) is 6.61 Å². The van der Waals surface area contributed by atoms with Gasteiger partial charge in [0.2, 0.25) is 0 Å². The van der Waals surface area contributed by atoms with E-state index in [-0.39, 0.29) is 0 Å². The molecule has 0 atom stereocenters. The summed E-state index contributed by atoms with van der Waals surface area (Å²) >= 11 is 2.27. The molecular weight excluding hydrogens is 303 g/mol. The number of benzene rings is 1. The Kier molecular flexibility index (Phi) is 3.25. The third-order valence-electron chi connectivity index (χ3n) is 1.98. The molecule has 0 bridgehead atoms. The van der Waals surface area contributed by atoms with Crippen molar-refractivity contribution in [1.82, 2.24) is 9.78 Å². The van der Waals surface area contributed by atoms with Crippen LogP contribution >= 0.6 is 22.6 Å². The van der Waals surface area contributed by atoms with Crippen LogP contribution in [0.2, 0.25) is 0 Å². The third-order valence-corrected chi connectivity index (χ3v) is 2.70. The summed E-state index contributed by atoms with van der Waals surface area (Å²) in [5.41, 5.74) is 1.08. The summed E-state index contributed by atoms with van der Waals surface area (Å²) in [6, 6.07) is 7.99. The Morgan fingerprint density at radius 2 is 2.07 bits per heavy atom. The molecule has 2 rings (SSSR count). The SMILES string of the molecule is Cn1cc(COc2ccc(I)cc2)cn1. The molecule has 1 aromatic heterocycles. The highest BCUT2D eigenvalue weighted by Gasteiger charge is 1.97. The van der Waals surface area contributed by atoms with E-state index < -0.39 is 0 Å². The van der Waals surface area contributed by atoms with Crippen molar-refractivity contribution in [2.24, 2.45) is 7.05 Å². The molecule has 0 aliphatic carbocycles. The van der Waals surface area contributed by atoms with Gasteiger partial charge in [0.25, 0.3) is 0 Å². The zero-order valence-electron chi connectivity index (χ0n) is 8.35. The number of rotatable bonds is 3. The van der Waals surface area contributed by atoms with Gasteiger partial charge in [-0.05, 0) is 46.9 Å². The summed E-state index contributed by atoms with van der Waals surface area (Å²) in [5.74, 6) is 0.888. The van der Waals surface area contributed by atoms with Crippen molar-refractivity contribution < 1.29 is 4.74 Å². The predicted molar refractivity (Wildman–Crippen MR) is 66.7 cm³/mol. The van der Waals surface area contributed by atoms with Crippen LogP contribution in [0.5, 0.6) is 5.75 Å².